The van der Waals surface area contributed by atoms with Crippen molar-refractivity contribution < 1.29 is 9.18 Å². The Morgan fingerprint density at radius 3 is 2.83 bits per heavy atom. The predicted octanol–water partition coefficient (Wildman–Crippen LogP) is 4.65. The number of nitrogens with zero attached hydrogens (tertiary/aromatic N) is 4. The van der Waals surface area contributed by atoms with Gasteiger partial charge in [-0.25, -0.2) is 9.37 Å². The quantitative estimate of drug-likeness (QED) is 0.470. The highest BCUT2D eigenvalue weighted by Gasteiger charge is 2.19. The van der Waals surface area contributed by atoms with Crippen LogP contribution in [0.2, 0.25) is 0 Å². The van der Waals surface area contributed by atoms with Crippen molar-refractivity contribution in [2.24, 2.45) is 0 Å². The first kappa shape index (κ1) is 19.3. The molecule has 0 spiro atoms. The van der Waals surface area contributed by atoms with Gasteiger partial charge >= 0.3 is 0 Å². The van der Waals surface area contributed by atoms with Crippen molar-refractivity contribution in [1.29, 1.82) is 0 Å². The topological polar surface area (TPSA) is 72.7 Å². The number of hydrogen-bond donors (Lipinski definition) is 1. The molecule has 0 fully saturated rings. The van der Waals surface area contributed by atoms with E-state index in [1.807, 2.05) is 18.2 Å². The number of para-hydroxylation sites is 1. The first-order valence-electron chi connectivity index (χ1n) is 9.41. The number of carbonyl (C=O) groups excluding carboxylic acids is 1. The minimum Gasteiger partial charge on any atom is -0.325 e. The second kappa shape index (κ2) is 8.16. The third-order valence-electron chi connectivity index (χ3n) is 4.55. The summed E-state index contributed by atoms with van der Waals surface area (Å²) in [4.78, 5) is 17.2. The summed E-state index contributed by atoms with van der Waals surface area (Å²) in [7, 11) is 0. The highest BCUT2D eigenvalue weighted by atomic mass is 32.2. The third kappa shape index (κ3) is 3.93. The molecular formula is C21H20FN5OS. The van der Waals surface area contributed by atoms with Gasteiger partial charge < -0.3 is 9.88 Å². The molecule has 2 heterocycles. The molecule has 6 nitrogen and oxygen atoms in total. The summed E-state index contributed by atoms with van der Waals surface area (Å²) in [6.07, 6.45) is 0.965. The Morgan fingerprint density at radius 1 is 1.21 bits per heavy atom. The Balaban J connectivity index is 1.60. The Kier molecular flexibility index (Phi) is 5.44. The van der Waals surface area contributed by atoms with E-state index in [1.165, 1.54) is 23.9 Å². The summed E-state index contributed by atoms with van der Waals surface area (Å²) in [5, 5.41) is 12.3. The molecular weight excluding hydrogens is 389 g/mol. The van der Waals surface area contributed by atoms with Gasteiger partial charge in [0.2, 0.25) is 11.1 Å². The molecule has 2 aromatic carbocycles. The molecule has 29 heavy (non-hydrogen) atoms. The summed E-state index contributed by atoms with van der Waals surface area (Å²) >= 11 is 1.22. The van der Waals surface area contributed by atoms with Crippen LogP contribution in [0.3, 0.4) is 0 Å². The molecule has 0 aliphatic heterocycles. The number of carbonyl (C=O) groups is 1. The number of fused-ring (bicyclic) bond motifs is 3. The molecule has 1 N–H and O–H groups in total. The standard InChI is InChI=1S/C21H20FN5OS/c1-3-11-27-17-10-5-4-9-16(17)18-19(27)24-21(26-25-18)29-13(2)20(28)23-15-8-6-7-14(22)12-15/h4-10,12-13H,3,11H2,1-2H3,(H,23,28). The normalized spacial score (nSPS) is 12.4. The van der Waals surface area contributed by atoms with Crippen molar-refractivity contribution in [1.82, 2.24) is 19.7 Å². The smallest absolute Gasteiger partial charge is 0.237 e. The number of thioether (sulfide) groups is 1. The lowest BCUT2D eigenvalue weighted by Gasteiger charge is -2.11. The van der Waals surface area contributed by atoms with Crippen LogP contribution in [-0.4, -0.2) is 30.9 Å². The molecule has 4 rings (SSSR count). The van der Waals surface area contributed by atoms with E-state index in [1.54, 1.807) is 19.1 Å². The molecule has 2 aromatic heterocycles. The molecule has 148 valence electrons. The third-order valence-corrected chi connectivity index (χ3v) is 5.50. The number of aromatic nitrogens is 4. The van der Waals surface area contributed by atoms with Gasteiger partial charge in [-0.1, -0.05) is 43.0 Å². The largest absolute Gasteiger partial charge is 0.325 e. The lowest BCUT2D eigenvalue weighted by molar-refractivity contribution is -0.115. The van der Waals surface area contributed by atoms with Gasteiger partial charge in [0, 0.05) is 17.6 Å². The van der Waals surface area contributed by atoms with Crippen LogP contribution in [-0.2, 0) is 11.3 Å². The predicted molar refractivity (Wildman–Crippen MR) is 113 cm³/mol. The molecule has 8 heteroatoms. The highest BCUT2D eigenvalue weighted by molar-refractivity contribution is 8.00. The van der Waals surface area contributed by atoms with E-state index in [0.717, 1.165) is 35.0 Å². The average molecular weight is 409 g/mol. The van der Waals surface area contributed by atoms with Crippen LogP contribution in [0.15, 0.2) is 53.7 Å². The number of hydrogen-bond acceptors (Lipinski definition) is 5. The van der Waals surface area contributed by atoms with Crippen molar-refractivity contribution in [3.63, 3.8) is 0 Å². The first-order valence-corrected chi connectivity index (χ1v) is 10.3. The Labute approximate surface area is 171 Å². The van der Waals surface area contributed by atoms with E-state index >= 15 is 0 Å². The van der Waals surface area contributed by atoms with E-state index in [4.69, 9.17) is 0 Å². The zero-order chi connectivity index (χ0) is 20.4. The number of halogens is 1. The minimum absolute atomic E-state index is 0.251. The number of aryl methyl sites for hydroxylation is 1. The second-order valence-electron chi connectivity index (χ2n) is 6.70. The second-order valence-corrected chi connectivity index (χ2v) is 8.00. The van der Waals surface area contributed by atoms with E-state index in [9.17, 15) is 9.18 Å². The maximum absolute atomic E-state index is 13.3. The highest BCUT2D eigenvalue weighted by Crippen LogP contribution is 2.28. The molecule has 0 saturated heterocycles. The van der Waals surface area contributed by atoms with Gasteiger partial charge in [-0.2, -0.15) is 0 Å². The average Bonchev–Trinajstić information content (AvgIpc) is 3.02. The minimum atomic E-state index is -0.471. The van der Waals surface area contributed by atoms with Crippen molar-refractivity contribution >= 4 is 45.4 Å². The summed E-state index contributed by atoms with van der Waals surface area (Å²) < 4.78 is 15.5. The summed E-state index contributed by atoms with van der Waals surface area (Å²) in [6.45, 7) is 4.70. The van der Waals surface area contributed by atoms with Gasteiger partial charge in [0.15, 0.2) is 5.65 Å². The van der Waals surface area contributed by atoms with Crippen LogP contribution < -0.4 is 5.32 Å². The van der Waals surface area contributed by atoms with Crippen molar-refractivity contribution in [2.45, 2.75) is 37.2 Å². The van der Waals surface area contributed by atoms with Crippen LogP contribution in [0.25, 0.3) is 22.1 Å². The fraction of sp³-hybridized carbons (Fsp3) is 0.238. The van der Waals surface area contributed by atoms with Crippen LogP contribution in [0.5, 0.6) is 0 Å². The van der Waals surface area contributed by atoms with Gasteiger partial charge in [-0.3, -0.25) is 4.79 Å². The summed E-state index contributed by atoms with van der Waals surface area (Å²) in [5.41, 5.74) is 3.02. The molecule has 0 aliphatic rings. The lowest BCUT2D eigenvalue weighted by atomic mass is 10.2. The van der Waals surface area contributed by atoms with Crippen LogP contribution in [0.4, 0.5) is 10.1 Å². The first-order chi connectivity index (χ1) is 14.1. The molecule has 0 bridgehead atoms. The lowest BCUT2D eigenvalue weighted by Crippen LogP contribution is -2.22. The Bertz CT molecular complexity index is 1190. The number of anilines is 1. The van der Waals surface area contributed by atoms with Crippen molar-refractivity contribution in [2.75, 3.05) is 5.32 Å². The van der Waals surface area contributed by atoms with Gasteiger partial charge in [0.1, 0.15) is 11.3 Å². The number of nitrogens with one attached hydrogen (secondary N) is 1. The van der Waals surface area contributed by atoms with Crippen LogP contribution in [0, 0.1) is 5.82 Å². The maximum Gasteiger partial charge on any atom is 0.237 e. The number of rotatable bonds is 6. The Morgan fingerprint density at radius 2 is 2.03 bits per heavy atom. The van der Waals surface area contributed by atoms with Gasteiger partial charge in [0.25, 0.3) is 0 Å². The molecule has 1 unspecified atom stereocenters. The van der Waals surface area contributed by atoms with Crippen LogP contribution >= 0.6 is 11.8 Å². The SMILES string of the molecule is CCCn1c2ccccc2c2nnc(SC(C)C(=O)Nc3cccc(F)c3)nc21. The molecule has 4 aromatic rings. The van der Waals surface area contributed by atoms with Gasteiger partial charge in [-0.05, 0) is 37.6 Å². The molecule has 0 aliphatic carbocycles. The Hall–Kier alpha value is -3.00. The number of amides is 1. The maximum atomic E-state index is 13.3. The fourth-order valence-corrected chi connectivity index (χ4v) is 3.92. The fourth-order valence-electron chi connectivity index (χ4n) is 3.21. The monoisotopic (exact) mass is 409 g/mol. The van der Waals surface area contributed by atoms with E-state index in [2.05, 4.69) is 38.1 Å². The zero-order valence-electron chi connectivity index (χ0n) is 16.1. The summed E-state index contributed by atoms with van der Waals surface area (Å²) in [5.74, 6) is -0.650. The molecule has 0 radical (unpaired) electrons. The van der Waals surface area contributed by atoms with E-state index in [-0.39, 0.29) is 5.91 Å². The molecule has 1 atom stereocenters. The van der Waals surface area contributed by atoms with Crippen molar-refractivity contribution in [3.8, 4) is 0 Å². The van der Waals surface area contributed by atoms with Gasteiger partial charge in [-0.15, -0.1) is 10.2 Å². The molecule has 1 amide bonds. The molecule has 0 saturated carbocycles. The van der Waals surface area contributed by atoms with E-state index < -0.39 is 11.1 Å². The summed E-state index contributed by atoms with van der Waals surface area (Å²) in [6, 6.07) is 13.8. The van der Waals surface area contributed by atoms with Gasteiger partial charge in [0.05, 0.1) is 10.8 Å². The van der Waals surface area contributed by atoms with E-state index in [0.29, 0.717) is 10.8 Å². The van der Waals surface area contributed by atoms with Crippen LogP contribution in [0.1, 0.15) is 20.3 Å². The zero-order valence-corrected chi connectivity index (χ0v) is 16.9. The number of benzene rings is 2. The van der Waals surface area contributed by atoms with Crippen molar-refractivity contribution in [3.05, 3.63) is 54.3 Å².